The van der Waals surface area contributed by atoms with Crippen molar-refractivity contribution in [1.29, 1.82) is 0 Å². The summed E-state index contributed by atoms with van der Waals surface area (Å²) in [4.78, 5) is 19.5. The van der Waals surface area contributed by atoms with Crippen molar-refractivity contribution in [2.45, 2.75) is 44.7 Å². The predicted octanol–water partition coefficient (Wildman–Crippen LogP) is 1.12. The number of rotatable bonds is 4. The van der Waals surface area contributed by atoms with E-state index >= 15 is 0 Å². The number of imidazole rings is 1. The van der Waals surface area contributed by atoms with Crippen molar-refractivity contribution < 1.29 is 4.79 Å². The highest BCUT2D eigenvalue weighted by molar-refractivity contribution is 5.86. The fraction of sp³-hybridized carbons (Fsp3) is 0.667. The molecule has 1 aromatic heterocycles. The molecule has 0 saturated carbocycles. The fourth-order valence-electron chi connectivity index (χ4n) is 2.38. The van der Waals surface area contributed by atoms with Crippen LogP contribution in [-0.4, -0.2) is 28.0 Å². The van der Waals surface area contributed by atoms with E-state index < -0.39 is 0 Å². The van der Waals surface area contributed by atoms with Crippen LogP contribution >= 0.6 is 0 Å². The van der Waals surface area contributed by atoms with Crippen molar-refractivity contribution in [2.24, 2.45) is 0 Å². The second-order valence-electron chi connectivity index (χ2n) is 4.64. The Balaban J connectivity index is 2.01. The molecular formula is C12H20N4O. The average molecular weight is 236 g/mol. The highest BCUT2D eigenvalue weighted by atomic mass is 16.2. The molecule has 2 rings (SSSR count). The summed E-state index contributed by atoms with van der Waals surface area (Å²) in [7, 11) is 0. The molecular weight excluding hydrogens is 216 g/mol. The molecule has 17 heavy (non-hydrogen) atoms. The number of aromatic nitrogens is 2. The third kappa shape index (κ3) is 2.34. The summed E-state index contributed by atoms with van der Waals surface area (Å²) in [5.41, 5.74) is -0.374. The Kier molecular flexibility index (Phi) is 3.47. The smallest absolute Gasteiger partial charge is 0.240 e. The van der Waals surface area contributed by atoms with Gasteiger partial charge in [0.1, 0.15) is 5.82 Å². The van der Waals surface area contributed by atoms with Gasteiger partial charge in [0, 0.05) is 12.4 Å². The van der Waals surface area contributed by atoms with Crippen LogP contribution in [0.3, 0.4) is 0 Å². The van der Waals surface area contributed by atoms with Crippen molar-refractivity contribution >= 4 is 5.91 Å². The topological polar surface area (TPSA) is 69.8 Å². The molecule has 1 amide bonds. The van der Waals surface area contributed by atoms with E-state index in [1.165, 1.54) is 0 Å². The van der Waals surface area contributed by atoms with Gasteiger partial charge in [0.15, 0.2) is 0 Å². The molecule has 2 atom stereocenters. The second-order valence-corrected chi connectivity index (χ2v) is 4.64. The van der Waals surface area contributed by atoms with Crippen molar-refractivity contribution in [3.8, 4) is 0 Å². The van der Waals surface area contributed by atoms with Crippen LogP contribution in [-0.2, 0) is 4.79 Å². The standard InChI is InChI=1S/C12H20N4O/c1-3-12(5-4-6-15-12)11(17)16-9(2)10-13-7-8-14-10/h7-9,15H,3-6H2,1-2H3,(H,13,14)(H,16,17). The number of H-pyrrole nitrogens is 1. The number of hydrogen-bond acceptors (Lipinski definition) is 3. The Hall–Kier alpha value is -1.36. The molecule has 0 aromatic carbocycles. The van der Waals surface area contributed by atoms with Crippen LogP contribution in [0, 0.1) is 0 Å². The van der Waals surface area contributed by atoms with Gasteiger partial charge < -0.3 is 15.6 Å². The molecule has 1 fully saturated rings. The van der Waals surface area contributed by atoms with Crippen LogP contribution in [0.2, 0.25) is 0 Å². The molecule has 1 aromatic rings. The molecule has 0 bridgehead atoms. The third-order valence-electron chi connectivity index (χ3n) is 3.56. The molecule has 94 valence electrons. The number of carbonyl (C=O) groups is 1. The van der Waals surface area contributed by atoms with E-state index in [1.807, 2.05) is 6.92 Å². The number of hydrogen-bond donors (Lipinski definition) is 3. The van der Waals surface area contributed by atoms with E-state index in [0.29, 0.717) is 0 Å². The van der Waals surface area contributed by atoms with Gasteiger partial charge in [-0.15, -0.1) is 0 Å². The summed E-state index contributed by atoms with van der Waals surface area (Å²) >= 11 is 0. The molecule has 0 aliphatic carbocycles. The van der Waals surface area contributed by atoms with Gasteiger partial charge in [-0.05, 0) is 32.7 Å². The second kappa shape index (κ2) is 4.87. The average Bonchev–Trinajstić information content (AvgIpc) is 3.01. The van der Waals surface area contributed by atoms with Gasteiger partial charge in [0.05, 0.1) is 11.6 Å². The van der Waals surface area contributed by atoms with E-state index in [-0.39, 0.29) is 17.5 Å². The Morgan fingerprint density at radius 2 is 2.53 bits per heavy atom. The summed E-state index contributed by atoms with van der Waals surface area (Å²) in [5, 5.41) is 6.35. The van der Waals surface area contributed by atoms with E-state index in [9.17, 15) is 4.79 Å². The van der Waals surface area contributed by atoms with Crippen LogP contribution in [0.1, 0.15) is 45.0 Å². The lowest BCUT2D eigenvalue weighted by Crippen LogP contribution is -2.53. The molecule has 1 aliphatic heterocycles. The zero-order valence-electron chi connectivity index (χ0n) is 10.4. The van der Waals surface area contributed by atoms with Crippen LogP contribution in [0.25, 0.3) is 0 Å². The van der Waals surface area contributed by atoms with Crippen LogP contribution in [0.5, 0.6) is 0 Å². The predicted molar refractivity (Wildman–Crippen MR) is 65.4 cm³/mol. The summed E-state index contributed by atoms with van der Waals surface area (Å²) in [5.74, 6) is 0.879. The first-order chi connectivity index (χ1) is 8.18. The Labute approximate surface area is 101 Å². The van der Waals surface area contributed by atoms with Crippen LogP contribution in [0.15, 0.2) is 12.4 Å². The zero-order valence-corrected chi connectivity index (χ0v) is 10.4. The van der Waals surface area contributed by atoms with Crippen molar-refractivity contribution in [1.82, 2.24) is 20.6 Å². The van der Waals surface area contributed by atoms with Crippen molar-refractivity contribution in [3.05, 3.63) is 18.2 Å². The quantitative estimate of drug-likeness (QED) is 0.733. The molecule has 5 heteroatoms. The SMILES string of the molecule is CCC1(C(=O)NC(C)c2ncc[nH]2)CCCN1. The number of nitrogens with one attached hydrogen (secondary N) is 3. The van der Waals surface area contributed by atoms with Gasteiger partial charge in [-0.1, -0.05) is 6.92 Å². The monoisotopic (exact) mass is 236 g/mol. The molecule has 2 heterocycles. The van der Waals surface area contributed by atoms with Crippen molar-refractivity contribution in [3.63, 3.8) is 0 Å². The summed E-state index contributed by atoms with van der Waals surface area (Å²) < 4.78 is 0. The molecule has 1 aliphatic rings. The van der Waals surface area contributed by atoms with E-state index in [2.05, 4.69) is 27.5 Å². The lowest BCUT2D eigenvalue weighted by Gasteiger charge is -2.28. The lowest BCUT2D eigenvalue weighted by atomic mass is 9.93. The van der Waals surface area contributed by atoms with E-state index in [0.717, 1.165) is 31.6 Å². The molecule has 3 N–H and O–H groups in total. The minimum absolute atomic E-state index is 0.0803. The van der Waals surface area contributed by atoms with Crippen LogP contribution < -0.4 is 10.6 Å². The Bertz CT molecular complexity index is 368. The first kappa shape index (κ1) is 12.1. The molecule has 0 spiro atoms. The molecule has 1 saturated heterocycles. The highest BCUT2D eigenvalue weighted by Crippen LogP contribution is 2.24. The summed E-state index contributed by atoms with van der Waals surface area (Å²) in [6.45, 7) is 4.92. The van der Waals surface area contributed by atoms with Gasteiger partial charge in [0.2, 0.25) is 5.91 Å². The minimum atomic E-state index is -0.374. The molecule has 2 unspecified atom stereocenters. The maximum absolute atomic E-state index is 12.3. The van der Waals surface area contributed by atoms with Gasteiger partial charge in [-0.2, -0.15) is 0 Å². The summed E-state index contributed by atoms with van der Waals surface area (Å²) in [6.07, 6.45) is 6.27. The van der Waals surface area contributed by atoms with Crippen LogP contribution in [0.4, 0.5) is 0 Å². The summed E-state index contributed by atoms with van der Waals surface area (Å²) in [6, 6.07) is -0.0803. The number of carbonyl (C=O) groups excluding carboxylic acids is 1. The van der Waals surface area contributed by atoms with Gasteiger partial charge in [0.25, 0.3) is 0 Å². The minimum Gasteiger partial charge on any atom is -0.347 e. The first-order valence-corrected chi connectivity index (χ1v) is 6.23. The third-order valence-corrected chi connectivity index (χ3v) is 3.56. The Morgan fingerprint density at radius 3 is 3.06 bits per heavy atom. The zero-order chi connectivity index (χ0) is 12.3. The number of aromatic amines is 1. The van der Waals surface area contributed by atoms with Gasteiger partial charge in [-0.25, -0.2) is 4.98 Å². The van der Waals surface area contributed by atoms with E-state index in [1.54, 1.807) is 12.4 Å². The number of nitrogens with zero attached hydrogens (tertiary/aromatic N) is 1. The normalized spacial score (nSPS) is 25.8. The maximum Gasteiger partial charge on any atom is 0.240 e. The fourth-order valence-corrected chi connectivity index (χ4v) is 2.38. The van der Waals surface area contributed by atoms with E-state index in [4.69, 9.17) is 0 Å². The largest absolute Gasteiger partial charge is 0.347 e. The number of amides is 1. The van der Waals surface area contributed by atoms with Gasteiger partial charge in [-0.3, -0.25) is 4.79 Å². The van der Waals surface area contributed by atoms with Crippen molar-refractivity contribution in [2.75, 3.05) is 6.54 Å². The lowest BCUT2D eigenvalue weighted by molar-refractivity contribution is -0.128. The highest BCUT2D eigenvalue weighted by Gasteiger charge is 2.39. The Morgan fingerprint density at radius 1 is 1.71 bits per heavy atom. The molecule has 0 radical (unpaired) electrons. The van der Waals surface area contributed by atoms with Gasteiger partial charge >= 0.3 is 0 Å². The molecule has 5 nitrogen and oxygen atoms in total. The maximum atomic E-state index is 12.3. The first-order valence-electron chi connectivity index (χ1n) is 6.23.